The first kappa shape index (κ1) is 23.0. The highest BCUT2D eigenvalue weighted by Gasteiger charge is 2.29. The van der Waals surface area contributed by atoms with Crippen LogP contribution in [0.2, 0.25) is 0 Å². The van der Waals surface area contributed by atoms with Crippen LogP contribution in [0.1, 0.15) is 71.0 Å². The van der Waals surface area contributed by atoms with Gasteiger partial charge in [-0.1, -0.05) is 43.2 Å². The van der Waals surface area contributed by atoms with Crippen molar-refractivity contribution in [3.8, 4) is 0 Å². The maximum absolute atomic E-state index is 13.1. The van der Waals surface area contributed by atoms with Crippen LogP contribution in [-0.2, 0) is 29.0 Å². The second-order valence-electron chi connectivity index (χ2n) is 8.19. The van der Waals surface area contributed by atoms with Crippen molar-refractivity contribution in [3.05, 3.63) is 51.4 Å². The van der Waals surface area contributed by atoms with Gasteiger partial charge in [-0.05, 0) is 49.7 Å². The number of anilines is 1. The number of carboxylic acid groups (broad SMARTS) is 1. The van der Waals surface area contributed by atoms with E-state index in [1.165, 1.54) is 21.8 Å². The number of hydrogen-bond acceptors (Lipinski definition) is 4. The van der Waals surface area contributed by atoms with Crippen LogP contribution in [-0.4, -0.2) is 22.9 Å². The molecule has 1 heterocycles. The van der Waals surface area contributed by atoms with Crippen LogP contribution in [0.25, 0.3) is 0 Å². The van der Waals surface area contributed by atoms with Crippen LogP contribution in [0.15, 0.2) is 24.3 Å². The second kappa shape index (κ2) is 10.6. The summed E-state index contributed by atoms with van der Waals surface area (Å²) in [6.07, 6.45) is 4.27. The fourth-order valence-corrected chi connectivity index (χ4v) is 5.27. The maximum Gasteiger partial charge on any atom is 0.303 e. The normalized spacial score (nSPS) is 15.2. The molecule has 1 aliphatic rings. The molecule has 0 aliphatic heterocycles. The van der Waals surface area contributed by atoms with Gasteiger partial charge < -0.3 is 15.7 Å². The number of amides is 2. The Bertz CT molecular complexity index is 949. The van der Waals surface area contributed by atoms with Crippen molar-refractivity contribution in [1.29, 1.82) is 0 Å². The van der Waals surface area contributed by atoms with Crippen LogP contribution < -0.4 is 10.6 Å². The lowest BCUT2D eigenvalue weighted by Gasteiger charge is -2.21. The molecule has 1 aliphatic carbocycles. The molecule has 6 nitrogen and oxygen atoms in total. The average Bonchev–Trinajstić information content (AvgIpc) is 3.09. The molecule has 1 aromatic heterocycles. The summed E-state index contributed by atoms with van der Waals surface area (Å²) >= 11 is 1.49. The minimum Gasteiger partial charge on any atom is -0.481 e. The Hall–Kier alpha value is -2.67. The summed E-state index contributed by atoms with van der Waals surface area (Å²) in [6.45, 7) is 4.63. The standard InChI is InChI=1S/C24H30N2O4S/c1-3-16-11-12-18-19(13-16)31-24(26-20(27)5-4-6-21(28)29)22(18)23(30)25-14-17-9-7-15(2)8-10-17/h7-10,16H,3-6,11-14H2,1-2H3,(H,25,30)(H,26,27)(H,28,29)/t16-/m0/s1. The first-order valence-corrected chi connectivity index (χ1v) is 11.7. The zero-order valence-corrected chi connectivity index (χ0v) is 18.9. The molecule has 31 heavy (non-hydrogen) atoms. The number of nitrogens with one attached hydrogen (secondary N) is 2. The first-order chi connectivity index (χ1) is 14.9. The van der Waals surface area contributed by atoms with Gasteiger partial charge in [0.25, 0.3) is 5.91 Å². The van der Waals surface area contributed by atoms with Crippen molar-refractivity contribution in [2.24, 2.45) is 5.92 Å². The number of thiophene rings is 1. The summed E-state index contributed by atoms with van der Waals surface area (Å²) in [4.78, 5) is 37.4. The molecule has 0 spiro atoms. The summed E-state index contributed by atoms with van der Waals surface area (Å²) in [6, 6.07) is 8.02. The Morgan fingerprint density at radius 2 is 1.90 bits per heavy atom. The lowest BCUT2D eigenvalue weighted by Crippen LogP contribution is -2.26. The zero-order chi connectivity index (χ0) is 22.4. The molecule has 0 radical (unpaired) electrons. The summed E-state index contributed by atoms with van der Waals surface area (Å²) < 4.78 is 0. The molecular weight excluding hydrogens is 412 g/mol. The van der Waals surface area contributed by atoms with E-state index in [1.54, 1.807) is 0 Å². The van der Waals surface area contributed by atoms with E-state index < -0.39 is 5.97 Å². The molecule has 0 fully saturated rings. The molecule has 2 aromatic rings. The Morgan fingerprint density at radius 1 is 1.16 bits per heavy atom. The zero-order valence-electron chi connectivity index (χ0n) is 18.1. The minimum absolute atomic E-state index is 0.0452. The lowest BCUT2D eigenvalue weighted by atomic mass is 9.85. The molecule has 3 rings (SSSR count). The topological polar surface area (TPSA) is 95.5 Å². The van der Waals surface area contributed by atoms with Gasteiger partial charge >= 0.3 is 5.97 Å². The van der Waals surface area contributed by atoms with Gasteiger partial charge in [0.05, 0.1) is 5.56 Å². The monoisotopic (exact) mass is 442 g/mol. The number of fused-ring (bicyclic) bond motifs is 1. The third-order valence-electron chi connectivity index (χ3n) is 5.79. The summed E-state index contributed by atoms with van der Waals surface area (Å²) in [7, 11) is 0. The van der Waals surface area contributed by atoms with Crippen LogP contribution >= 0.6 is 11.3 Å². The van der Waals surface area contributed by atoms with Gasteiger partial charge in [0, 0.05) is 24.3 Å². The number of rotatable bonds is 9. The van der Waals surface area contributed by atoms with E-state index in [-0.39, 0.29) is 31.1 Å². The highest BCUT2D eigenvalue weighted by atomic mass is 32.1. The molecular formula is C24H30N2O4S. The van der Waals surface area contributed by atoms with Gasteiger partial charge in [-0.2, -0.15) is 0 Å². The molecule has 0 bridgehead atoms. The molecule has 3 N–H and O–H groups in total. The van der Waals surface area contributed by atoms with Crippen molar-refractivity contribution >= 4 is 34.1 Å². The minimum atomic E-state index is -0.916. The predicted octanol–water partition coefficient (Wildman–Crippen LogP) is 4.69. The molecule has 2 amide bonds. The Labute approximate surface area is 187 Å². The average molecular weight is 443 g/mol. The Balaban J connectivity index is 1.76. The van der Waals surface area contributed by atoms with E-state index in [2.05, 4.69) is 17.6 Å². The van der Waals surface area contributed by atoms with Crippen molar-refractivity contribution in [1.82, 2.24) is 5.32 Å². The largest absolute Gasteiger partial charge is 0.481 e. The number of hydrogen-bond donors (Lipinski definition) is 3. The van der Waals surface area contributed by atoms with E-state index in [0.29, 0.717) is 23.0 Å². The summed E-state index contributed by atoms with van der Waals surface area (Å²) in [5, 5.41) is 15.3. The fraction of sp³-hybridized carbons (Fsp3) is 0.458. The molecule has 0 saturated heterocycles. The molecule has 166 valence electrons. The van der Waals surface area contributed by atoms with Crippen LogP contribution in [0.4, 0.5) is 5.00 Å². The SMILES string of the molecule is CC[C@H]1CCc2c(sc(NC(=O)CCCC(=O)O)c2C(=O)NCc2ccc(C)cc2)C1. The third-order valence-corrected chi connectivity index (χ3v) is 6.96. The number of carboxylic acids is 1. The van der Waals surface area contributed by atoms with E-state index in [1.807, 2.05) is 31.2 Å². The molecule has 0 unspecified atom stereocenters. The molecule has 7 heteroatoms. The van der Waals surface area contributed by atoms with E-state index in [4.69, 9.17) is 5.11 Å². The number of aryl methyl sites for hydroxylation is 1. The Morgan fingerprint density at radius 3 is 2.58 bits per heavy atom. The Kier molecular flexibility index (Phi) is 7.85. The predicted molar refractivity (Wildman–Crippen MR) is 123 cm³/mol. The number of aliphatic carboxylic acids is 1. The summed E-state index contributed by atoms with van der Waals surface area (Å²) in [5.74, 6) is -0.733. The maximum atomic E-state index is 13.1. The molecule has 0 saturated carbocycles. The van der Waals surface area contributed by atoms with Crippen molar-refractivity contribution in [2.45, 2.75) is 65.3 Å². The highest BCUT2D eigenvalue weighted by molar-refractivity contribution is 7.17. The number of carbonyl (C=O) groups excluding carboxylic acids is 2. The fourth-order valence-electron chi connectivity index (χ4n) is 3.90. The van der Waals surface area contributed by atoms with E-state index >= 15 is 0 Å². The smallest absolute Gasteiger partial charge is 0.303 e. The molecule has 1 atom stereocenters. The van der Waals surface area contributed by atoms with Gasteiger partial charge in [0.2, 0.25) is 5.91 Å². The van der Waals surface area contributed by atoms with Gasteiger partial charge in [-0.25, -0.2) is 0 Å². The van der Waals surface area contributed by atoms with Gasteiger partial charge in [0.15, 0.2) is 0 Å². The quantitative estimate of drug-likeness (QED) is 0.525. The summed E-state index contributed by atoms with van der Waals surface area (Å²) in [5.41, 5.74) is 3.82. The number of benzene rings is 1. The van der Waals surface area contributed by atoms with Crippen molar-refractivity contribution in [3.63, 3.8) is 0 Å². The molecule has 1 aromatic carbocycles. The van der Waals surface area contributed by atoms with Crippen LogP contribution in [0.3, 0.4) is 0 Å². The third kappa shape index (κ3) is 6.17. The van der Waals surface area contributed by atoms with Crippen LogP contribution in [0, 0.1) is 12.8 Å². The highest BCUT2D eigenvalue weighted by Crippen LogP contribution is 2.40. The van der Waals surface area contributed by atoms with Crippen LogP contribution in [0.5, 0.6) is 0 Å². The first-order valence-electron chi connectivity index (χ1n) is 10.9. The van der Waals surface area contributed by atoms with E-state index in [0.717, 1.165) is 36.8 Å². The van der Waals surface area contributed by atoms with Crippen molar-refractivity contribution in [2.75, 3.05) is 5.32 Å². The van der Waals surface area contributed by atoms with Gasteiger partial charge in [-0.15, -0.1) is 11.3 Å². The van der Waals surface area contributed by atoms with Crippen molar-refractivity contribution < 1.29 is 19.5 Å². The van der Waals surface area contributed by atoms with Gasteiger partial charge in [0.1, 0.15) is 5.00 Å². The lowest BCUT2D eigenvalue weighted by molar-refractivity contribution is -0.137. The number of carbonyl (C=O) groups is 3. The second-order valence-corrected chi connectivity index (χ2v) is 9.29. The van der Waals surface area contributed by atoms with E-state index in [9.17, 15) is 14.4 Å². The van der Waals surface area contributed by atoms with Gasteiger partial charge in [-0.3, -0.25) is 14.4 Å².